The maximum atomic E-state index is 15.5. The van der Waals surface area contributed by atoms with Gasteiger partial charge in [-0.15, -0.1) is 0 Å². The summed E-state index contributed by atoms with van der Waals surface area (Å²) in [7, 11) is 0. The molecule has 11 heteroatoms. The minimum Gasteiger partial charge on any atom is -0.454 e. The molecule has 172 valence electrons. The first-order valence-electron chi connectivity index (χ1n) is 10.1. The van der Waals surface area contributed by atoms with E-state index in [4.69, 9.17) is 22.9 Å². The van der Waals surface area contributed by atoms with Gasteiger partial charge in [-0.3, -0.25) is 0 Å². The van der Waals surface area contributed by atoms with Gasteiger partial charge in [0.2, 0.25) is 0 Å². The van der Waals surface area contributed by atoms with Crippen LogP contribution in [0.5, 0.6) is 11.5 Å². The predicted molar refractivity (Wildman–Crippen MR) is 129 cm³/mol. The number of aromatic nitrogens is 3. The molecule has 0 radical (unpaired) electrons. The maximum absolute atomic E-state index is 15.5. The first-order valence-corrected chi connectivity index (χ1v) is 11.3. The molecule has 8 nitrogen and oxygen atoms in total. The zero-order valence-electron chi connectivity index (χ0n) is 17.7. The highest BCUT2D eigenvalue weighted by Gasteiger charge is 2.20. The van der Waals surface area contributed by atoms with Crippen LogP contribution in [0.25, 0.3) is 15.9 Å². The van der Waals surface area contributed by atoms with Crippen molar-refractivity contribution in [2.24, 2.45) is 0 Å². The average Bonchev–Trinajstić information content (AvgIpc) is 3.20. The van der Waals surface area contributed by atoms with E-state index in [1.807, 2.05) is 0 Å². The van der Waals surface area contributed by atoms with E-state index in [-0.39, 0.29) is 23.6 Å². The van der Waals surface area contributed by atoms with Gasteiger partial charge in [-0.25, -0.2) is 19.0 Å². The van der Waals surface area contributed by atoms with Gasteiger partial charge in [0.25, 0.3) is 0 Å². The van der Waals surface area contributed by atoms with Crippen molar-refractivity contribution in [3.05, 3.63) is 86.6 Å². The summed E-state index contributed by atoms with van der Waals surface area (Å²) in [6.45, 7) is 8.10. The second-order valence-corrected chi connectivity index (χ2v) is 8.49. The summed E-state index contributed by atoms with van der Waals surface area (Å²) in [6, 6.07) is 10.8. The number of fused-ring (bicyclic) bond motifs is 1. The molecule has 0 saturated carbocycles. The Kier molecular flexibility index (Phi) is 7.07. The Morgan fingerprint density at radius 1 is 1.32 bits per heavy atom. The van der Waals surface area contributed by atoms with Gasteiger partial charge in [0.1, 0.15) is 5.75 Å². The van der Waals surface area contributed by atoms with Crippen LogP contribution >= 0.6 is 27.5 Å². The molecule has 2 aromatic heterocycles. The summed E-state index contributed by atoms with van der Waals surface area (Å²) in [4.78, 5) is 20.1. The number of nitrogens with one attached hydrogen (secondary N) is 1. The fourth-order valence-electron chi connectivity index (χ4n) is 3.33. The zero-order valence-corrected chi connectivity index (χ0v) is 20.0. The summed E-state index contributed by atoms with van der Waals surface area (Å²) < 4.78 is 22.9. The highest BCUT2D eigenvalue weighted by Crippen LogP contribution is 2.37. The second-order valence-electron chi connectivity index (χ2n) is 7.20. The molecule has 4 aromatic rings. The van der Waals surface area contributed by atoms with E-state index >= 15 is 4.39 Å². The van der Waals surface area contributed by atoms with Crippen molar-refractivity contribution >= 4 is 50.3 Å². The van der Waals surface area contributed by atoms with Gasteiger partial charge in [-0.1, -0.05) is 17.7 Å². The number of hydrogen-bond donors (Lipinski definition) is 2. The van der Waals surface area contributed by atoms with Crippen molar-refractivity contribution in [2.75, 3.05) is 13.1 Å². The van der Waals surface area contributed by atoms with Crippen LogP contribution in [0.1, 0.15) is 11.3 Å². The molecule has 0 aliphatic rings. The fourth-order valence-corrected chi connectivity index (χ4v) is 3.93. The third kappa shape index (κ3) is 4.87. The Morgan fingerprint density at radius 2 is 2.15 bits per heavy atom. The van der Waals surface area contributed by atoms with E-state index in [0.717, 1.165) is 0 Å². The highest BCUT2D eigenvalue weighted by atomic mass is 79.9. The lowest BCUT2D eigenvalue weighted by Crippen LogP contribution is -2.55. The molecule has 0 bridgehead atoms. The molecule has 0 unspecified atom stereocenters. The number of pyridine rings is 1. The summed E-state index contributed by atoms with van der Waals surface area (Å²) in [5.74, 6) is -0.422. The lowest BCUT2D eigenvalue weighted by molar-refractivity contribution is -0.364. The summed E-state index contributed by atoms with van der Waals surface area (Å²) in [5.41, 5.74) is 5.14. The number of halogens is 3. The number of hydrogen-bond acceptors (Lipinski definition) is 4. The number of carbonyl (C=O) groups excluding carboxylic acids is 1. The van der Waals surface area contributed by atoms with Crippen LogP contribution in [0.3, 0.4) is 0 Å². The fraction of sp³-hybridized carbons (Fsp3) is 0.130. The smallest absolute Gasteiger partial charge is 0.344 e. The molecule has 1 amide bonds. The van der Waals surface area contributed by atoms with E-state index in [1.54, 1.807) is 30.5 Å². The van der Waals surface area contributed by atoms with Gasteiger partial charge >= 0.3 is 6.03 Å². The lowest BCUT2D eigenvalue weighted by atomic mass is 10.1. The molecule has 0 aliphatic carbocycles. The number of rotatable bonds is 6. The molecule has 0 saturated heterocycles. The van der Waals surface area contributed by atoms with Crippen LogP contribution in [0.4, 0.5) is 14.9 Å². The summed E-state index contributed by atoms with van der Waals surface area (Å²) >= 11 is 9.37. The van der Waals surface area contributed by atoms with Crippen molar-refractivity contribution in [1.29, 1.82) is 0 Å². The SMILES string of the molecule is [C-]#[N+]c1cc(Cl)cc(Oc2c(Br)ccc(Cc3nn(C(=O)NCC[NH3+])c4ncccc34)c2F)c1. The van der Waals surface area contributed by atoms with Gasteiger partial charge < -0.3 is 15.8 Å². The number of benzene rings is 2. The van der Waals surface area contributed by atoms with Gasteiger partial charge in [0.15, 0.2) is 22.9 Å². The van der Waals surface area contributed by atoms with Crippen molar-refractivity contribution in [3.63, 3.8) is 0 Å². The molecule has 0 fully saturated rings. The number of nitrogens with zero attached hydrogens (tertiary/aromatic N) is 4. The second kappa shape index (κ2) is 10.2. The molecule has 0 spiro atoms. The van der Waals surface area contributed by atoms with Gasteiger partial charge in [0, 0.05) is 23.0 Å². The first kappa shape index (κ1) is 23.6. The first-order chi connectivity index (χ1) is 16.4. The maximum Gasteiger partial charge on any atom is 0.344 e. The van der Waals surface area contributed by atoms with Crippen molar-refractivity contribution in [3.8, 4) is 11.5 Å². The van der Waals surface area contributed by atoms with Crippen LogP contribution < -0.4 is 15.8 Å². The number of quaternary nitrogens is 1. The minimum absolute atomic E-state index is 0.0502. The number of amides is 1. The van der Waals surface area contributed by atoms with E-state index < -0.39 is 11.8 Å². The summed E-state index contributed by atoms with van der Waals surface area (Å²) in [5, 5.41) is 8.05. The van der Waals surface area contributed by atoms with Gasteiger partial charge in [-0.2, -0.15) is 9.78 Å². The third-order valence-corrected chi connectivity index (χ3v) is 5.70. The Bertz CT molecular complexity index is 1440. The quantitative estimate of drug-likeness (QED) is 0.343. The molecule has 0 atom stereocenters. The molecule has 4 N–H and O–H groups in total. The largest absolute Gasteiger partial charge is 0.454 e. The van der Waals surface area contributed by atoms with Crippen LogP contribution in [0.2, 0.25) is 5.02 Å². The Hall–Kier alpha value is -3.52. The number of ether oxygens (including phenoxy) is 1. The molecule has 2 heterocycles. The van der Waals surface area contributed by atoms with Crippen LogP contribution in [0.15, 0.2) is 53.1 Å². The lowest BCUT2D eigenvalue weighted by Gasteiger charge is -2.12. The minimum atomic E-state index is -0.605. The van der Waals surface area contributed by atoms with E-state index in [9.17, 15) is 4.79 Å². The predicted octanol–water partition coefficient (Wildman–Crippen LogP) is 4.72. The monoisotopic (exact) mass is 543 g/mol. The molecular formula is C23H18BrClFN6O2+. The third-order valence-electron chi connectivity index (χ3n) is 4.86. The molecule has 2 aromatic carbocycles. The standard InChI is InChI=1S/C23H17BrClFN6O2/c1-28-15-10-14(25)11-16(12-15)34-21-18(24)5-4-13(20(21)26)9-19-17-3-2-7-29-22(17)32(31-19)23(33)30-8-6-27/h2-5,7,10-12H,6,8-9,27H2,(H,30,33)/p+1. The van der Waals surface area contributed by atoms with Gasteiger partial charge in [-0.05, 0) is 57.9 Å². The average molecular weight is 545 g/mol. The molecule has 34 heavy (non-hydrogen) atoms. The topological polar surface area (TPSA) is 101 Å². The number of carbonyl (C=O) groups is 1. The van der Waals surface area contributed by atoms with E-state index in [2.05, 4.69) is 41.9 Å². The Balaban J connectivity index is 1.70. The van der Waals surface area contributed by atoms with Crippen LogP contribution in [-0.2, 0) is 6.42 Å². The normalized spacial score (nSPS) is 10.8. The van der Waals surface area contributed by atoms with E-state index in [1.165, 1.54) is 22.9 Å². The summed E-state index contributed by atoms with van der Waals surface area (Å²) in [6.07, 6.45) is 1.66. The molecular weight excluding hydrogens is 527 g/mol. The van der Waals surface area contributed by atoms with Crippen LogP contribution in [-0.4, -0.2) is 33.9 Å². The van der Waals surface area contributed by atoms with Gasteiger partial charge in [0.05, 0.1) is 29.8 Å². The zero-order chi connectivity index (χ0) is 24.2. The highest BCUT2D eigenvalue weighted by molar-refractivity contribution is 9.10. The molecule has 0 aliphatic heterocycles. The van der Waals surface area contributed by atoms with Crippen molar-refractivity contribution in [2.45, 2.75) is 6.42 Å². The van der Waals surface area contributed by atoms with Crippen molar-refractivity contribution < 1.29 is 19.7 Å². The Labute approximate surface area is 207 Å². The Morgan fingerprint density at radius 3 is 2.91 bits per heavy atom. The molecule has 4 rings (SSSR count). The van der Waals surface area contributed by atoms with E-state index in [0.29, 0.717) is 44.9 Å². The van der Waals surface area contributed by atoms with Crippen molar-refractivity contribution in [1.82, 2.24) is 20.1 Å². The van der Waals surface area contributed by atoms with Crippen LogP contribution in [0, 0.1) is 12.4 Å².